The van der Waals surface area contributed by atoms with E-state index in [1.807, 2.05) is 4.90 Å². The van der Waals surface area contributed by atoms with Crippen LogP contribution in [0.15, 0.2) is 18.3 Å². The van der Waals surface area contributed by atoms with Crippen LogP contribution in [0.3, 0.4) is 0 Å². The van der Waals surface area contributed by atoms with Gasteiger partial charge in [0.1, 0.15) is 0 Å². The normalized spacial score (nSPS) is 38.5. The highest BCUT2D eigenvalue weighted by Gasteiger charge is 2.53. The summed E-state index contributed by atoms with van der Waals surface area (Å²) in [4.78, 5) is 17.3. The fourth-order valence-electron chi connectivity index (χ4n) is 6.41. The molecule has 5 heteroatoms. The van der Waals surface area contributed by atoms with Crippen LogP contribution in [0.25, 0.3) is 0 Å². The van der Waals surface area contributed by atoms with Crippen molar-refractivity contribution in [3.05, 3.63) is 24.0 Å². The van der Waals surface area contributed by atoms with Crippen LogP contribution in [0.1, 0.15) is 49.0 Å². The molecule has 0 aromatic carbocycles. The Labute approximate surface area is 143 Å². The predicted octanol–water partition coefficient (Wildman–Crippen LogP) is 2.20. The Morgan fingerprint density at radius 2 is 1.62 bits per heavy atom. The topological polar surface area (TPSA) is 49.3 Å². The summed E-state index contributed by atoms with van der Waals surface area (Å²) < 4.78 is 0. The second kappa shape index (κ2) is 5.51. The summed E-state index contributed by atoms with van der Waals surface area (Å²) in [7, 11) is 0. The van der Waals surface area contributed by atoms with E-state index < -0.39 is 0 Å². The molecule has 4 saturated carbocycles. The van der Waals surface area contributed by atoms with E-state index in [1.54, 1.807) is 18.3 Å². The van der Waals surface area contributed by atoms with Gasteiger partial charge in [0.15, 0.2) is 5.69 Å². The van der Waals surface area contributed by atoms with E-state index in [9.17, 15) is 4.79 Å². The van der Waals surface area contributed by atoms with Crippen LogP contribution >= 0.6 is 0 Å². The zero-order chi connectivity index (χ0) is 16.1. The van der Waals surface area contributed by atoms with Crippen molar-refractivity contribution in [3.63, 3.8) is 0 Å². The number of aromatic nitrogens is 2. The molecule has 0 unspecified atom stereocenters. The van der Waals surface area contributed by atoms with Crippen molar-refractivity contribution >= 4 is 5.91 Å². The van der Waals surface area contributed by atoms with E-state index in [0.717, 1.165) is 43.9 Å². The second-order valence-corrected chi connectivity index (χ2v) is 8.53. The Balaban J connectivity index is 1.27. The fourth-order valence-corrected chi connectivity index (χ4v) is 6.41. The SMILES string of the molecule is O=C(c1cccnn1)N1CCN(C23CC4CC(CC(C4)C2)C3)CC1. The van der Waals surface area contributed by atoms with Crippen molar-refractivity contribution in [2.24, 2.45) is 17.8 Å². The molecule has 1 saturated heterocycles. The average Bonchev–Trinajstić information content (AvgIpc) is 2.61. The molecule has 24 heavy (non-hydrogen) atoms. The van der Waals surface area contributed by atoms with Gasteiger partial charge in [-0.2, -0.15) is 5.10 Å². The van der Waals surface area contributed by atoms with E-state index >= 15 is 0 Å². The monoisotopic (exact) mass is 326 g/mol. The zero-order valence-electron chi connectivity index (χ0n) is 14.2. The highest BCUT2D eigenvalue weighted by atomic mass is 16.2. The minimum Gasteiger partial charge on any atom is -0.335 e. The Hall–Kier alpha value is -1.49. The van der Waals surface area contributed by atoms with E-state index in [2.05, 4.69) is 15.1 Å². The van der Waals surface area contributed by atoms with E-state index in [-0.39, 0.29) is 5.91 Å². The second-order valence-electron chi connectivity index (χ2n) is 8.53. The third-order valence-corrected chi connectivity index (χ3v) is 7.04. The Morgan fingerprint density at radius 3 is 2.17 bits per heavy atom. The van der Waals surface area contributed by atoms with Crippen LogP contribution in [-0.2, 0) is 0 Å². The van der Waals surface area contributed by atoms with Crippen LogP contribution in [0, 0.1) is 17.8 Å². The fraction of sp³-hybridized carbons (Fsp3) is 0.737. The van der Waals surface area contributed by atoms with Gasteiger partial charge in [0.05, 0.1) is 0 Å². The third-order valence-electron chi connectivity index (χ3n) is 7.04. The number of nitrogens with zero attached hydrogens (tertiary/aromatic N) is 4. The molecule has 1 aliphatic heterocycles. The van der Waals surface area contributed by atoms with Crippen LogP contribution in [0.4, 0.5) is 0 Å². The average molecular weight is 326 g/mol. The number of piperazine rings is 1. The summed E-state index contributed by atoms with van der Waals surface area (Å²) in [5.41, 5.74) is 0.942. The first-order chi connectivity index (χ1) is 11.7. The molecular formula is C19H26N4O. The third kappa shape index (κ3) is 2.36. The molecule has 4 aliphatic carbocycles. The minimum atomic E-state index is 0.0354. The number of carbonyl (C=O) groups is 1. The van der Waals surface area contributed by atoms with Gasteiger partial charge in [-0.3, -0.25) is 9.69 Å². The summed E-state index contributed by atoms with van der Waals surface area (Å²) in [5.74, 6) is 2.98. The van der Waals surface area contributed by atoms with Crippen molar-refractivity contribution in [2.75, 3.05) is 26.2 Å². The molecule has 1 aromatic heterocycles. The standard InChI is InChI=1S/C19H26N4O/c24-18(17-2-1-3-20-21-17)22-4-6-23(7-5-22)19-11-14-8-15(12-19)10-16(9-14)13-19/h1-3,14-16H,4-13H2. The Bertz CT molecular complexity index is 588. The first kappa shape index (κ1) is 14.8. The van der Waals surface area contributed by atoms with E-state index in [0.29, 0.717) is 11.2 Å². The number of carbonyl (C=O) groups excluding carboxylic acids is 1. The molecule has 5 nitrogen and oxygen atoms in total. The summed E-state index contributed by atoms with van der Waals surface area (Å²) in [6.07, 6.45) is 10.3. The maximum Gasteiger partial charge on any atom is 0.274 e. The van der Waals surface area contributed by atoms with Crippen LogP contribution in [0.5, 0.6) is 0 Å². The minimum absolute atomic E-state index is 0.0354. The van der Waals surface area contributed by atoms with E-state index in [1.165, 1.54) is 38.5 Å². The quantitative estimate of drug-likeness (QED) is 0.836. The molecule has 6 rings (SSSR count). The largest absolute Gasteiger partial charge is 0.335 e. The molecule has 1 amide bonds. The van der Waals surface area contributed by atoms with Crippen molar-refractivity contribution in [1.82, 2.24) is 20.0 Å². The number of amides is 1. The molecule has 1 aromatic rings. The van der Waals surface area contributed by atoms with Crippen LogP contribution in [0.2, 0.25) is 0 Å². The highest BCUT2D eigenvalue weighted by molar-refractivity contribution is 5.92. The molecular weight excluding hydrogens is 300 g/mol. The van der Waals surface area contributed by atoms with Gasteiger partial charge >= 0.3 is 0 Å². The smallest absolute Gasteiger partial charge is 0.274 e. The van der Waals surface area contributed by atoms with Gasteiger partial charge in [-0.05, 0) is 68.4 Å². The maximum absolute atomic E-state index is 12.6. The van der Waals surface area contributed by atoms with Crippen molar-refractivity contribution in [3.8, 4) is 0 Å². The molecule has 0 radical (unpaired) electrons. The lowest BCUT2D eigenvalue weighted by atomic mass is 9.52. The molecule has 5 fully saturated rings. The summed E-state index contributed by atoms with van der Waals surface area (Å²) >= 11 is 0. The summed E-state index contributed by atoms with van der Waals surface area (Å²) in [6, 6.07) is 3.55. The molecule has 2 heterocycles. The predicted molar refractivity (Wildman–Crippen MR) is 90.4 cm³/mol. The number of hydrogen-bond donors (Lipinski definition) is 0. The van der Waals surface area contributed by atoms with Crippen molar-refractivity contribution in [1.29, 1.82) is 0 Å². The van der Waals surface area contributed by atoms with Gasteiger partial charge in [0.25, 0.3) is 5.91 Å². The first-order valence-electron chi connectivity index (χ1n) is 9.54. The van der Waals surface area contributed by atoms with Gasteiger partial charge in [-0.15, -0.1) is 5.10 Å². The number of hydrogen-bond acceptors (Lipinski definition) is 4. The molecule has 4 bridgehead atoms. The highest BCUT2D eigenvalue weighted by Crippen LogP contribution is 2.57. The lowest BCUT2D eigenvalue weighted by Gasteiger charge is -2.61. The van der Waals surface area contributed by atoms with Gasteiger partial charge < -0.3 is 4.90 Å². The molecule has 128 valence electrons. The molecule has 0 atom stereocenters. The van der Waals surface area contributed by atoms with Gasteiger partial charge in [-0.25, -0.2) is 0 Å². The lowest BCUT2D eigenvalue weighted by molar-refractivity contribution is -0.0987. The molecule has 0 N–H and O–H groups in total. The van der Waals surface area contributed by atoms with Crippen molar-refractivity contribution < 1.29 is 4.79 Å². The first-order valence-corrected chi connectivity index (χ1v) is 9.54. The zero-order valence-corrected chi connectivity index (χ0v) is 14.2. The van der Waals surface area contributed by atoms with Crippen LogP contribution < -0.4 is 0 Å². The van der Waals surface area contributed by atoms with Gasteiger partial charge in [0.2, 0.25) is 0 Å². The number of rotatable bonds is 2. The lowest BCUT2D eigenvalue weighted by Crippen LogP contribution is -2.64. The molecule has 0 spiro atoms. The summed E-state index contributed by atoms with van der Waals surface area (Å²) in [5, 5.41) is 7.81. The Kier molecular flexibility index (Phi) is 3.40. The maximum atomic E-state index is 12.6. The van der Waals surface area contributed by atoms with Crippen molar-refractivity contribution in [2.45, 2.75) is 44.1 Å². The molecule has 5 aliphatic rings. The summed E-state index contributed by atoms with van der Waals surface area (Å²) in [6.45, 7) is 3.71. The van der Waals surface area contributed by atoms with Crippen LogP contribution in [-0.4, -0.2) is 57.6 Å². The Morgan fingerprint density at radius 1 is 1.00 bits per heavy atom. The van der Waals surface area contributed by atoms with Gasteiger partial charge in [-0.1, -0.05) is 0 Å². The van der Waals surface area contributed by atoms with Gasteiger partial charge in [0, 0.05) is 37.9 Å². The van der Waals surface area contributed by atoms with E-state index in [4.69, 9.17) is 0 Å².